The first-order valence-corrected chi connectivity index (χ1v) is 4.40. The highest BCUT2D eigenvalue weighted by Crippen LogP contribution is 2.29. The van der Waals surface area contributed by atoms with Gasteiger partial charge in [0.25, 0.3) is 0 Å². The van der Waals surface area contributed by atoms with Gasteiger partial charge in [-0.3, -0.25) is 0 Å². The van der Waals surface area contributed by atoms with Crippen molar-refractivity contribution in [2.75, 3.05) is 13.2 Å². The summed E-state index contributed by atoms with van der Waals surface area (Å²) in [5.74, 6) is 0. The van der Waals surface area contributed by atoms with Crippen molar-refractivity contribution in [2.45, 2.75) is 37.4 Å². The van der Waals surface area contributed by atoms with Gasteiger partial charge in [0.1, 0.15) is 0 Å². The van der Waals surface area contributed by atoms with Crippen molar-refractivity contribution in [3.8, 4) is 0 Å². The molecule has 1 aliphatic rings. The first-order valence-electron chi connectivity index (χ1n) is 4.40. The molecule has 0 aromatic carbocycles. The minimum absolute atomic E-state index is 0.205. The van der Waals surface area contributed by atoms with E-state index in [0.717, 1.165) is 12.8 Å². The number of hydrogen-bond acceptors (Lipinski definition) is 2. The number of nitrogens with one attached hydrogen (secondary N) is 1. The molecule has 1 saturated carbocycles. The molecule has 1 fully saturated rings. The zero-order chi connectivity index (χ0) is 9.95. The molecular formula is C8H14F3NO. The van der Waals surface area contributed by atoms with Gasteiger partial charge in [0.05, 0.1) is 13.2 Å². The second kappa shape index (κ2) is 3.84. The van der Waals surface area contributed by atoms with Crippen LogP contribution in [0, 0.1) is 0 Å². The van der Waals surface area contributed by atoms with Gasteiger partial charge in [0.2, 0.25) is 0 Å². The van der Waals surface area contributed by atoms with E-state index in [4.69, 9.17) is 5.11 Å². The van der Waals surface area contributed by atoms with Gasteiger partial charge in [-0.15, -0.1) is 0 Å². The number of halogens is 3. The van der Waals surface area contributed by atoms with Crippen LogP contribution in [-0.4, -0.2) is 30.0 Å². The number of rotatable bonds is 3. The molecule has 1 aliphatic carbocycles. The number of alkyl halides is 3. The lowest BCUT2D eigenvalue weighted by molar-refractivity contribution is -0.129. The smallest absolute Gasteiger partial charge is 0.394 e. The lowest BCUT2D eigenvalue weighted by Crippen LogP contribution is -2.49. The third-order valence-corrected chi connectivity index (χ3v) is 2.53. The van der Waals surface area contributed by atoms with Crippen LogP contribution in [0.4, 0.5) is 13.2 Å². The maximum Gasteiger partial charge on any atom is 0.401 e. The predicted octanol–water partition coefficient (Wildman–Crippen LogP) is 1.44. The van der Waals surface area contributed by atoms with Crippen molar-refractivity contribution in [2.24, 2.45) is 0 Å². The number of aliphatic hydroxyl groups excluding tert-OH is 1. The fraction of sp³-hybridized carbons (Fsp3) is 1.00. The van der Waals surface area contributed by atoms with E-state index in [2.05, 4.69) is 5.32 Å². The Morgan fingerprint density at radius 3 is 2.15 bits per heavy atom. The van der Waals surface area contributed by atoms with Crippen LogP contribution in [0.1, 0.15) is 25.7 Å². The van der Waals surface area contributed by atoms with Crippen LogP contribution >= 0.6 is 0 Å². The molecule has 0 atom stereocenters. The summed E-state index contributed by atoms with van der Waals surface area (Å²) < 4.78 is 35.6. The Labute approximate surface area is 75.1 Å². The molecule has 5 heteroatoms. The van der Waals surface area contributed by atoms with E-state index in [0.29, 0.717) is 12.8 Å². The minimum atomic E-state index is -4.19. The van der Waals surface area contributed by atoms with Crippen molar-refractivity contribution < 1.29 is 18.3 Å². The summed E-state index contributed by atoms with van der Waals surface area (Å²) in [6.45, 7) is -1.21. The monoisotopic (exact) mass is 197 g/mol. The van der Waals surface area contributed by atoms with E-state index in [1.807, 2.05) is 0 Å². The maximum atomic E-state index is 11.9. The molecule has 0 spiro atoms. The average Bonchev–Trinajstić information content (AvgIpc) is 2.49. The van der Waals surface area contributed by atoms with E-state index < -0.39 is 18.3 Å². The van der Waals surface area contributed by atoms with Crippen molar-refractivity contribution in [1.82, 2.24) is 5.32 Å². The lowest BCUT2D eigenvalue weighted by atomic mass is 9.99. The first kappa shape index (κ1) is 10.8. The van der Waals surface area contributed by atoms with Crippen LogP contribution in [0.15, 0.2) is 0 Å². The summed E-state index contributed by atoms with van der Waals surface area (Å²) in [5, 5.41) is 11.4. The molecule has 0 unspecified atom stereocenters. The topological polar surface area (TPSA) is 32.3 Å². The van der Waals surface area contributed by atoms with Crippen LogP contribution in [0.25, 0.3) is 0 Å². The van der Waals surface area contributed by atoms with E-state index in [9.17, 15) is 13.2 Å². The summed E-state index contributed by atoms with van der Waals surface area (Å²) in [5.41, 5.74) is -0.671. The summed E-state index contributed by atoms with van der Waals surface area (Å²) in [6, 6.07) is 0. The normalized spacial score (nSPS) is 22.2. The van der Waals surface area contributed by atoms with Crippen LogP contribution in [-0.2, 0) is 0 Å². The van der Waals surface area contributed by atoms with Crippen LogP contribution < -0.4 is 5.32 Å². The van der Waals surface area contributed by atoms with Crippen LogP contribution in [0.5, 0.6) is 0 Å². The second-order valence-electron chi connectivity index (χ2n) is 3.61. The molecule has 0 radical (unpaired) electrons. The van der Waals surface area contributed by atoms with Crippen molar-refractivity contribution in [3.63, 3.8) is 0 Å². The van der Waals surface area contributed by atoms with E-state index in [-0.39, 0.29) is 6.61 Å². The molecule has 78 valence electrons. The quantitative estimate of drug-likeness (QED) is 0.717. The zero-order valence-corrected chi connectivity index (χ0v) is 7.32. The molecule has 2 nitrogen and oxygen atoms in total. The standard InChI is InChI=1S/C8H14F3NO/c9-8(10,11)5-12-7(6-13)3-1-2-4-7/h12-13H,1-6H2. The minimum Gasteiger partial charge on any atom is -0.394 e. The average molecular weight is 197 g/mol. The SMILES string of the molecule is OCC1(NCC(F)(F)F)CCCC1. The maximum absolute atomic E-state index is 11.9. The number of hydrogen-bond donors (Lipinski definition) is 2. The largest absolute Gasteiger partial charge is 0.401 e. The van der Waals surface area contributed by atoms with E-state index in [1.54, 1.807) is 0 Å². The molecular weight excluding hydrogens is 183 g/mol. The highest BCUT2D eigenvalue weighted by atomic mass is 19.4. The molecule has 13 heavy (non-hydrogen) atoms. The van der Waals surface area contributed by atoms with Gasteiger partial charge in [-0.1, -0.05) is 12.8 Å². The van der Waals surface area contributed by atoms with Gasteiger partial charge < -0.3 is 10.4 Å². The van der Waals surface area contributed by atoms with E-state index >= 15 is 0 Å². The lowest BCUT2D eigenvalue weighted by Gasteiger charge is -2.28. The molecule has 0 aromatic rings. The summed E-state index contributed by atoms with van der Waals surface area (Å²) >= 11 is 0. The molecule has 1 rings (SSSR count). The van der Waals surface area contributed by atoms with Gasteiger partial charge in [0.15, 0.2) is 0 Å². The van der Waals surface area contributed by atoms with Gasteiger partial charge in [0, 0.05) is 5.54 Å². The van der Waals surface area contributed by atoms with Gasteiger partial charge in [-0.25, -0.2) is 0 Å². The summed E-state index contributed by atoms with van der Waals surface area (Å²) in [4.78, 5) is 0. The molecule has 0 aromatic heterocycles. The van der Waals surface area contributed by atoms with E-state index in [1.165, 1.54) is 0 Å². The first-order chi connectivity index (χ1) is 5.97. The Morgan fingerprint density at radius 2 is 1.77 bits per heavy atom. The zero-order valence-electron chi connectivity index (χ0n) is 7.32. The third-order valence-electron chi connectivity index (χ3n) is 2.53. The molecule has 0 amide bonds. The Bertz CT molecular complexity index is 163. The van der Waals surface area contributed by atoms with Crippen LogP contribution in [0.2, 0.25) is 0 Å². The fourth-order valence-electron chi connectivity index (χ4n) is 1.73. The molecule has 0 aliphatic heterocycles. The molecule has 2 N–H and O–H groups in total. The Kier molecular flexibility index (Phi) is 3.18. The van der Waals surface area contributed by atoms with Crippen molar-refractivity contribution in [3.05, 3.63) is 0 Å². The van der Waals surface area contributed by atoms with Gasteiger partial charge in [-0.05, 0) is 12.8 Å². The molecule has 0 saturated heterocycles. The highest BCUT2D eigenvalue weighted by Gasteiger charge is 2.37. The fourth-order valence-corrected chi connectivity index (χ4v) is 1.73. The van der Waals surface area contributed by atoms with Crippen molar-refractivity contribution in [1.29, 1.82) is 0 Å². The number of aliphatic hydroxyl groups is 1. The Balaban J connectivity index is 2.40. The molecule has 0 bridgehead atoms. The van der Waals surface area contributed by atoms with Gasteiger partial charge in [-0.2, -0.15) is 13.2 Å². The Morgan fingerprint density at radius 1 is 1.23 bits per heavy atom. The predicted molar refractivity (Wildman–Crippen MR) is 42.3 cm³/mol. The molecule has 0 heterocycles. The summed E-state index contributed by atoms with van der Waals surface area (Å²) in [6.07, 6.45) is -1.12. The second-order valence-corrected chi connectivity index (χ2v) is 3.61. The highest BCUT2D eigenvalue weighted by molar-refractivity contribution is 4.92. The van der Waals surface area contributed by atoms with Gasteiger partial charge >= 0.3 is 6.18 Å². The Hall–Kier alpha value is -0.290. The van der Waals surface area contributed by atoms with Crippen molar-refractivity contribution >= 4 is 0 Å². The third kappa shape index (κ3) is 3.15. The van der Waals surface area contributed by atoms with Crippen LogP contribution in [0.3, 0.4) is 0 Å². The summed E-state index contributed by atoms with van der Waals surface area (Å²) in [7, 11) is 0.